The SMILES string of the molecule is COc1[c]c2cnccc2c(C#N)c1. The lowest BCUT2D eigenvalue weighted by molar-refractivity contribution is 0.414. The van der Waals surface area contributed by atoms with Gasteiger partial charge in [0.2, 0.25) is 0 Å². The Morgan fingerprint density at radius 2 is 2.43 bits per heavy atom. The summed E-state index contributed by atoms with van der Waals surface area (Å²) in [5.74, 6) is 0.557. The molecule has 0 spiro atoms. The van der Waals surface area contributed by atoms with Gasteiger partial charge in [0.05, 0.1) is 18.7 Å². The van der Waals surface area contributed by atoms with E-state index in [4.69, 9.17) is 10.00 Å². The van der Waals surface area contributed by atoms with Crippen molar-refractivity contribution in [2.45, 2.75) is 0 Å². The third kappa shape index (κ3) is 1.27. The first-order valence-corrected chi connectivity index (χ1v) is 4.09. The van der Waals surface area contributed by atoms with Crippen molar-refractivity contribution in [3.8, 4) is 11.8 Å². The van der Waals surface area contributed by atoms with E-state index in [1.54, 1.807) is 31.6 Å². The monoisotopic (exact) mass is 183 g/mol. The predicted octanol–water partition coefficient (Wildman–Crippen LogP) is 1.92. The Balaban J connectivity index is 2.82. The number of fused-ring (bicyclic) bond motifs is 1. The van der Waals surface area contributed by atoms with Crippen LogP contribution in [-0.4, -0.2) is 12.1 Å². The van der Waals surface area contributed by atoms with Gasteiger partial charge in [-0.1, -0.05) is 0 Å². The maximum atomic E-state index is 8.92. The summed E-state index contributed by atoms with van der Waals surface area (Å²) in [7, 11) is 1.55. The molecule has 1 heterocycles. The minimum absolute atomic E-state index is 0.557. The highest BCUT2D eigenvalue weighted by Crippen LogP contribution is 2.22. The van der Waals surface area contributed by atoms with Crippen molar-refractivity contribution >= 4 is 10.8 Å². The second kappa shape index (κ2) is 3.35. The van der Waals surface area contributed by atoms with Crippen LogP contribution in [0.4, 0.5) is 0 Å². The van der Waals surface area contributed by atoms with Gasteiger partial charge in [-0.2, -0.15) is 5.26 Å². The molecule has 3 heteroatoms. The Bertz CT molecular complexity index is 514. The molecule has 2 rings (SSSR count). The molecule has 0 saturated heterocycles. The molecule has 2 aromatic rings. The normalized spacial score (nSPS) is 9.71. The van der Waals surface area contributed by atoms with E-state index in [1.807, 2.05) is 0 Å². The predicted molar refractivity (Wildman–Crippen MR) is 51.8 cm³/mol. The summed E-state index contributed by atoms with van der Waals surface area (Å²) in [6.07, 6.45) is 3.32. The molecule has 0 atom stereocenters. The van der Waals surface area contributed by atoms with Crippen molar-refractivity contribution in [1.29, 1.82) is 5.26 Å². The molecule has 3 nitrogen and oxygen atoms in total. The van der Waals surface area contributed by atoms with Gasteiger partial charge in [0.15, 0.2) is 0 Å². The van der Waals surface area contributed by atoms with Crippen molar-refractivity contribution in [2.24, 2.45) is 0 Å². The average Bonchev–Trinajstić information content (AvgIpc) is 2.27. The van der Waals surface area contributed by atoms with Crippen LogP contribution in [0.1, 0.15) is 5.56 Å². The summed E-state index contributed by atoms with van der Waals surface area (Å²) in [6.45, 7) is 0. The first-order chi connectivity index (χ1) is 6.85. The van der Waals surface area contributed by atoms with Crippen LogP contribution in [0.3, 0.4) is 0 Å². The number of nitriles is 1. The van der Waals surface area contributed by atoms with Gasteiger partial charge < -0.3 is 4.74 Å². The van der Waals surface area contributed by atoms with Crippen LogP contribution in [0.15, 0.2) is 24.5 Å². The fourth-order valence-corrected chi connectivity index (χ4v) is 1.31. The Labute approximate surface area is 81.6 Å². The van der Waals surface area contributed by atoms with E-state index >= 15 is 0 Å². The van der Waals surface area contributed by atoms with Gasteiger partial charge in [-0.3, -0.25) is 4.98 Å². The number of aromatic nitrogens is 1. The van der Waals surface area contributed by atoms with E-state index in [0.29, 0.717) is 11.3 Å². The van der Waals surface area contributed by atoms with Crippen molar-refractivity contribution in [1.82, 2.24) is 4.98 Å². The number of rotatable bonds is 1. The maximum absolute atomic E-state index is 8.92. The molecule has 0 amide bonds. The summed E-state index contributed by atoms with van der Waals surface area (Å²) >= 11 is 0. The fraction of sp³-hybridized carbons (Fsp3) is 0.0909. The van der Waals surface area contributed by atoms with Gasteiger partial charge in [-0.15, -0.1) is 0 Å². The molecule has 0 N–H and O–H groups in total. The molecule has 1 aromatic carbocycles. The van der Waals surface area contributed by atoms with Gasteiger partial charge in [0, 0.05) is 29.2 Å². The minimum Gasteiger partial charge on any atom is -0.496 e. The van der Waals surface area contributed by atoms with E-state index in [0.717, 1.165) is 10.8 Å². The molecule has 0 aliphatic heterocycles. The number of hydrogen-bond acceptors (Lipinski definition) is 3. The Morgan fingerprint density at radius 1 is 1.57 bits per heavy atom. The van der Waals surface area contributed by atoms with E-state index < -0.39 is 0 Å². The first kappa shape index (κ1) is 8.52. The summed E-state index contributed by atoms with van der Waals surface area (Å²) in [5.41, 5.74) is 0.581. The zero-order valence-corrected chi connectivity index (χ0v) is 7.61. The molecule has 0 aliphatic rings. The quantitative estimate of drug-likeness (QED) is 0.678. The van der Waals surface area contributed by atoms with Crippen molar-refractivity contribution in [2.75, 3.05) is 7.11 Å². The number of benzene rings is 1. The second-order valence-corrected chi connectivity index (χ2v) is 2.78. The smallest absolute Gasteiger partial charge is 0.128 e. The molecular formula is C11H7N2O. The largest absolute Gasteiger partial charge is 0.496 e. The molecule has 1 aromatic heterocycles. The number of ether oxygens (including phenoxy) is 1. The number of pyridine rings is 1. The van der Waals surface area contributed by atoms with Crippen LogP contribution in [0, 0.1) is 17.4 Å². The highest BCUT2D eigenvalue weighted by Gasteiger charge is 2.03. The van der Waals surface area contributed by atoms with Gasteiger partial charge in [-0.05, 0) is 12.1 Å². The molecule has 14 heavy (non-hydrogen) atoms. The third-order valence-corrected chi connectivity index (χ3v) is 1.98. The molecule has 1 radical (unpaired) electrons. The first-order valence-electron chi connectivity index (χ1n) is 4.09. The van der Waals surface area contributed by atoms with Crippen LogP contribution in [-0.2, 0) is 0 Å². The molecule has 0 aliphatic carbocycles. The number of nitrogens with zero attached hydrogens (tertiary/aromatic N) is 2. The van der Waals surface area contributed by atoms with Crippen LogP contribution in [0.25, 0.3) is 10.8 Å². The van der Waals surface area contributed by atoms with Crippen LogP contribution < -0.4 is 4.74 Å². The van der Waals surface area contributed by atoms with Gasteiger partial charge in [-0.25, -0.2) is 0 Å². The minimum atomic E-state index is 0.557. The summed E-state index contributed by atoms with van der Waals surface area (Å²) in [6, 6.07) is 8.60. The van der Waals surface area contributed by atoms with Crippen molar-refractivity contribution in [3.05, 3.63) is 36.2 Å². The van der Waals surface area contributed by atoms with Crippen LogP contribution in [0.5, 0.6) is 5.75 Å². The number of methoxy groups -OCH3 is 1. The summed E-state index contributed by atoms with van der Waals surface area (Å²) < 4.78 is 5.03. The van der Waals surface area contributed by atoms with E-state index in [9.17, 15) is 0 Å². The lowest BCUT2D eigenvalue weighted by Crippen LogP contribution is -1.87. The molecule has 0 unspecified atom stereocenters. The molecule has 0 fully saturated rings. The van der Waals surface area contributed by atoms with E-state index in [2.05, 4.69) is 17.1 Å². The average molecular weight is 183 g/mol. The fourth-order valence-electron chi connectivity index (χ4n) is 1.31. The summed E-state index contributed by atoms with van der Waals surface area (Å²) in [5, 5.41) is 10.6. The number of hydrogen-bond donors (Lipinski definition) is 0. The highest BCUT2D eigenvalue weighted by molar-refractivity contribution is 5.87. The van der Waals surface area contributed by atoms with Crippen LogP contribution >= 0.6 is 0 Å². The van der Waals surface area contributed by atoms with Gasteiger partial charge >= 0.3 is 0 Å². The highest BCUT2D eigenvalue weighted by atomic mass is 16.5. The van der Waals surface area contributed by atoms with Gasteiger partial charge in [0.25, 0.3) is 0 Å². The molecule has 0 bridgehead atoms. The lowest BCUT2D eigenvalue weighted by atomic mass is 10.1. The standard InChI is InChI=1S/C11H7N2O/c1-14-10-4-8(6-12)11-2-3-13-7-9(11)5-10/h2-4,7H,1H3. The Hall–Kier alpha value is -2.08. The van der Waals surface area contributed by atoms with E-state index in [1.165, 1.54) is 0 Å². The third-order valence-electron chi connectivity index (χ3n) is 1.98. The van der Waals surface area contributed by atoms with Gasteiger partial charge in [0.1, 0.15) is 5.75 Å². The van der Waals surface area contributed by atoms with Crippen LogP contribution in [0.2, 0.25) is 0 Å². The topological polar surface area (TPSA) is 45.9 Å². The lowest BCUT2D eigenvalue weighted by Gasteiger charge is -2.02. The molecular weight excluding hydrogens is 176 g/mol. The zero-order chi connectivity index (χ0) is 9.97. The Morgan fingerprint density at radius 3 is 3.14 bits per heavy atom. The second-order valence-electron chi connectivity index (χ2n) is 2.78. The van der Waals surface area contributed by atoms with Crippen molar-refractivity contribution < 1.29 is 4.74 Å². The van der Waals surface area contributed by atoms with Crippen molar-refractivity contribution in [3.63, 3.8) is 0 Å². The molecule has 67 valence electrons. The Kier molecular flexibility index (Phi) is 2.04. The molecule has 0 saturated carbocycles. The summed E-state index contributed by atoms with van der Waals surface area (Å²) in [4.78, 5) is 3.97. The van der Waals surface area contributed by atoms with E-state index in [-0.39, 0.29) is 0 Å². The maximum Gasteiger partial charge on any atom is 0.128 e. The zero-order valence-electron chi connectivity index (χ0n) is 7.61.